The summed E-state index contributed by atoms with van der Waals surface area (Å²) in [6.45, 7) is -0.495. The van der Waals surface area contributed by atoms with Crippen molar-refractivity contribution in [1.82, 2.24) is 5.16 Å². The number of halogens is 2. The number of ether oxygens (including phenoxy) is 1. The number of aliphatic hydroxyl groups is 1. The van der Waals surface area contributed by atoms with E-state index in [0.717, 1.165) is 12.1 Å². The lowest BCUT2D eigenvalue weighted by atomic mass is 9.99. The number of rotatable bonds is 5. The van der Waals surface area contributed by atoms with Crippen LogP contribution in [0.5, 0.6) is 5.75 Å². The molecule has 0 unspecified atom stereocenters. The van der Waals surface area contributed by atoms with Crippen molar-refractivity contribution in [2.24, 2.45) is 5.14 Å². The number of nitrogens with two attached hydrogens (primary N) is 1. The number of benzene rings is 2. The molecule has 0 saturated carbocycles. The van der Waals surface area contributed by atoms with Crippen molar-refractivity contribution in [2.75, 3.05) is 7.11 Å². The van der Waals surface area contributed by atoms with E-state index in [1.54, 1.807) is 18.2 Å². The number of aliphatic hydroxyl groups excluding tert-OH is 1. The van der Waals surface area contributed by atoms with E-state index < -0.39 is 27.3 Å². The molecule has 10 heteroatoms. The Kier molecular flexibility index (Phi) is 5.20. The average Bonchev–Trinajstić information content (AvgIpc) is 3.04. The van der Waals surface area contributed by atoms with E-state index in [4.69, 9.17) is 26.0 Å². The first-order valence-corrected chi connectivity index (χ1v) is 9.44. The molecule has 3 N–H and O–H groups in total. The maximum Gasteiger partial charge on any atom is 0.240 e. The molecule has 27 heavy (non-hydrogen) atoms. The quantitative estimate of drug-likeness (QED) is 0.665. The standard InChI is InChI=1S/C17H14ClFN2O5S/c1-25-13-4-2-10(6-11(13)18)17-16(14(8-22)26-21-17)9-3-5-15(12(19)7-9)27(20,23)24/h2-7,22H,8H2,1H3,(H2,20,23,24). The number of hydrogen-bond donors (Lipinski definition) is 2. The minimum atomic E-state index is -4.21. The topological polar surface area (TPSA) is 116 Å². The molecule has 2 aromatic carbocycles. The van der Waals surface area contributed by atoms with E-state index in [0.29, 0.717) is 27.6 Å². The van der Waals surface area contributed by atoms with E-state index in [2.05, 4.69) is 5.16 Å². The molecule has 0 aliphatic heterocycles. The highest BCUT2D eigenvalue weighted by Gasteiger charge is 2.22. The maximum absolute atomic E-state index is 14.3. The summed E-state index contributed by atoms with van der Waals surface area (Å²) in [5.74, 6) is -0.491. The summed E-state index contributed by atoms with van der Waals surface area (Å²) in [6, 6.07) is 8.25. The molecule has 0 spiro atoms. The second-order valence-corrected chi connectivity index (χ2v) is 7.46. The summed E-state index contributed by atoms with van der Waals surface area (Å²) in [4.78, 5) is -0.637. The minimum absolute atomic E-state index is 0.0831. The second kappa shape index (κ2) is 7.28. The molecular formula is C17H14ClFN2O5S. The van der Waals surface area contributed by atoms with Gasteiger partial charge in [0.2, 0.25) is 10.0 Å². The maximum atomic E-state index is 14.3. The van der Waals surface area contributed by atoms with Crippen molar-refractivity contribution in [2.45, 2.75) is 11.5 Å². The summed E-state index contributed by atoms with van der Waals surface area (Å²) >= 11 is 6.14. The molecule has 0 fully saturated rings. The fraction of sp³-hybridized carbons (Fsp3) is 0.118. The van der Waals surface area contributed by atoms with E-state index in [1.165, 1.54) is 13.2 Å². The van der Waals surface area contributed by atoms with Crippen LogP contribution in [0.25, 0.3) is 22.4 Å². The predicted molar refractivity (Wildman–Crippen MR) is 96.2 cm³/mol. The first kappa shape index (κ1) is 19.3. The zero-order chi connectivity index (χ0) is 19.8. The van der Waals surface area contributed by atoms with Crippen molar-refractivity contribution in [3.05, 3.63) is 53.0 Å². The van der Waals surface area contributed by atoms with Gasteiger partial charge in [-0.15, -0.1) is 0 Å². The molecule has 1 heterocycles. The Labute approximate surface area is 159 Å². The largest absolute Gasteiger partial charge is 0.495 e. The number of hydrogen-bond acceptors (Lipinski definition) is 6. The van der Waals surface area contributed by atoms with Gasteiger partial charge in [0.15, 0.2) is 5.76 Å². The summed E-state index contributed by atoms with van der Waals surface area (Å²) in [6.07, 6.45) is 0. The Morgan fingerprint density at radius 1 is 1.26 bits per heavy atom. The van der Waals surface area contributed by atoms with E-state index in [-0.39, 0.29) is 11.3 Å². The lowest BCUT2D eigenvalue weighted by Gasteiger charge is -2.08. The molecule has 7 nitrogen and oxygen atoms in total. The second-order valence-electron chi connectivity index (χ2n) is 5.53. The van der Waals surface area contributed by atoms with Crippen LogP contribution in [0.15, 0.2) is 45.8 Å². The third-order valence-electron chi connectivity index (χ3n) is 3.86. The number of sulfonamides is 1. The van der Waals surface area contributed by atoms with Crippen LogP contribution < -0.4 is 9.88 Å². The highest BCUT2D eigenvalue weighted by Crippen LogP contribution is 2.38. The number of methoxy groups -OCH3 is 1. The van der Waals surface area contributed by atoms with Gasteiger partial charge in [-0.1, -0.05) is 22.8 Å². The smallest absolute Gasteiger partial charge is 0.240 e. The van der Waals surface area contributed by atoms with Gasteiger partial charge in [0.05, 0.1) is 17.7 Å². The van der Waals surface area contributed by atoms with Gasteiger partial charge >= 0.3 is 0 Å². The van der Waals surface area contributed by atoms with Gasteiger partial charge in [0.1, 0.15) is 28.8 Å². The van der Waals surface area contributed by atoms with Crippen LogP contribution in [-0.2, 0) is 16.6 Å². The fourth-order valence-electron chi connectivity index (χ4n) is 2.63. The van der Waals surface area contributed by atoms with E-state index in [9.17, 15) is 17.9 Å². The zero-order valence-corrected chi connectivity index (χ0v) is 15.5. The molecule has 0 bridgehead atoms. The summed E-state index contributed by atoms with van der Waals surface area (Å²) in [5, 5.41) is 18.8. The summed E-state index contributed by atoms with van der Waals surface area (Å²) in [5.41, 5.74) is 1.40. The van der Waals surface area contributed by atoms with Crippen LogP contribution >= 0.6 is 11.6 Å². The molecule has 0 aliphatic carbocycles. The third-order valence-corrected chi connectivity index (χ3v) is 5.10. The molecule has 0 saturated heterocycles. The Bertz CT molecular complexity index is 1110. The Balaban J connectivity index is 2.18. The van der Waals surface area contributed by atoms with Crippen molar-refractivity contribution in [1.29, 1.82) is 0 Å². The Morgan fingerprint density at radius 2 is 1.96 bits per heavy atom. The molecular weight excluding hydrogens is 399 g/mol. The monoisotopic (exact) mass is 412 g/mol. The molecule has 0 radical (unpaired) electrons. The highest BCUT2D eigenvalue weighted by molar-refractivity contribution is 7.89. The van der Waals surface area contributed by atoms with Gasteiger partial charge in [-0.2, -0.15) is 0 Å². The van der Waals surface area contributed by atoms with Crippen LogP contribution in [0.3, 0.4) is 0 Å². The normalized spacial score (nSPS) is 11.6. The van der Waals surface area contributed by atoms with Crippen molar-refractivity contribution >= 4 is 21.6 Å². The van der Waals surface area contributed by atoms with Crippen molar-refractivity contribution < 1.29 is 27.2 Å². The van der Waals surface area contributed by atoms with E-state index in [1.807, 2.05) is 0 Å². The van der Waals surface area contributed by atoms with E-state index >= 15 is 0 Å². The van der Waals surface area contributed by atoms with Crippen LogP contribution in [-0.4, -0.2) is 25.8 Å². The lowest BCUT2D eigenvalue weighted by molar-refractivity contribution is 0.230. The predicted octanol–water partition coefficient (Wildman–Crippen LogP) is 2.95. The first-order valence-electron chi connectivity index (χ1n) is 7.52. The van der Waals surface area contributed by atoms with Crippen LogP contribution in [0.1, 0.15) is 5.76 Å². The average molecular weight is 413 g/mol. The van der Waals surface area contributed by atoms with Crippen molar-refractivity contribution in [3.8, 4) is 28.1 Å². The molecule has 3 rings (SSSR count). The molecule has 0 aliphatic rings. The van der Waals surface area contributed by atoms with Crippen LogP contribution in [0.4, 0.5) is 4.39 Å². The van der Waals surface area contributed by atoms with Gasteiger partial charge in [-0.25, -0.2) is 17.9 Å². The van der Waals surface area contributed by atoms with Crippen LogP contribution in [0.2, 0.25) is 5.02 Å². The van der Waals surface area contributed by atoms with Gasteiger partial charge in [-0.05, 0) is 35.9 Å². The highest BCUT2D eigenvalue weighted by atomic mass is 35.5. The lowest BCUT2D eigenvalue weighted by Crippen LogP contribution is -2.14. The summed E-state index contributed by atoms with van der Waals surface area (Å²) in [7, 11) is -2.73. The number of aromatic nitrogens is 1. The van der Waals surface area contributed by atoms with Gasteiger partial charge in [0, 0.05) is 5.56 Å². The summed E-state index contributed by atoms with van der Waals surface area (Å²) < 4.78 is 47.3. The minimum Gasteiger partial charge on any atom is -0.495 e. The van der Waals surface area contributed by atoms with Gasteiger partial charge in [0.25, 0.3) is 0 Å². The Morgan fingerprint density at radius 3 is 2.52 bits per heavy atom. The number of primary sulfonamides is 1. The molecule has 3 aromatic rings. The molecule has 0 atom stereocenters. The van der Waals surface area contributed by atoms with Gasteiger partial charge in [-0.3, -0.25) is 0 Å². The van der Waals surface area contributed by atoms with Crippen LogP contribution in [0, 0.1) is 5.82 Å². The van der Waals surface area contributed by atoms with Crippen molar-refractivity contribution in [3.63, 3.8) is 0 Å². The molecule has 1 aromatic heterocycles. The molecule has 0 amide bonds. The SMILES string of the molecule is COc1ccc(-c2noc(CO)c2-c2ccc(S(N)(=O)=O)c(F)c2)cc1Cl. The Hall–Kier alpha value is -2.46. The molecule has 142 valence electrons. The fourth-order valence-corrected chi connectivity index (χ4v) is 3.47. The number of nitrogens with zero attached hydrogens (tertiary/aromatic N) is 1. The third kappa shape index (κ3) is 3.67. The zero-order valence-electron chi connectivity index (χ0n) is 13.9. The first-order chi connectivity index (χ1) is 12.8. The van der Waals surface area contributed by atoms with Gasteiger partial charge < -0.3 is 14.4 Å².